The highest BCUT2D eigenvalue weighted by molar-refractivity contribution is 6.04. The third kappa shape index (κ3) is 5.98. The van der Waals surface area contributed by atoms with Gasteiger partial charge in [-0.05, 0) is 54.7 Å². The Labute approximate surface area is 205 Å². The lowest BCUT2D eigenvalue weighted by Gasteiger charge is -2.32. The van der Waals surface area contributed by atoms with Gasteiger partial charge < -0.3 is 15.1 Å². The van der Waals surface area contributed by atoms with Gasteiger partial charge in [0.2, 0.25) is 11.8 Å². The number of carbonyl (C=O) groups excluding carboxylic acids is 3. The van der Waals surface area contributed by atoms with Crippen LogP contribution >= 0.6 is 0 Å². The van der Waals surface area contributed by atoms with E-state index in [1.54, 1.807) is 6.07 Å². The van der Waals surface area contributed by atoms with Crippen LogP contribution in [0.1, 0.15) is 60.3 Å². The predicted molar refractivity (Wildman–Crippen MR) is 134 cm³/mol. The number of hydrogen-bond acceptors (Lipinski definition) is 4. The van der Waals surface area contributed by atoms with Crippen molar-refractivity contribution in [2.75, 3.05) is 11.4 Å². The molecule has 4 rings (SSSR count). The summed E-state index contributed by atoms with van der Waals surface area (Å²) in [5.41, 5.74) is 2.42. The molecule has 0 bridgehead atoms. The van der Waals surface area contributed by atoms with Crippen LogP contribution in [-0.2, 0) is 16.0 Å². The Bertz CT molecular complexity index is 1120. The van der Waals surface area contributed by atoms with Crippen LogP contribution in [0.5, 0.6) is 0 Å². The van der Waals surface area contributed by atoms with Crippen molar-refractivity contribution >= 4 is 23.4 Å². The molecule has 0 radical (unpaired) electrons. The fourth-order valence-electron chi connectivity index (χ4n) is 4.47. The molecule has 0 spiro atoms. The zero-order valence-corrected chi connectivity index (χ0v) is 19.9. The summed E-state index contributed by atoms with van der Waals surface area (Å²) in [6, 6.07) is 19.3. The van der Waals surface area contributed by atoms with E-state index in [2.05, 4.69) is 17.6 Å². The zero-order valence-electron chi connectivity index (χ0n) is 19.9. The molecule has 3 aromatic rings. The van der Waals surface area contributed by atoms with Gasteiger partial charge in [-0.25, -0.2) is 0 Å². The fraction of sp³-hybridized carbons (Fsp3) is 0.321. The molecule has 7 nitrogen and oxygen atoms in total. The normalized spacial score (nSPS) is 14.3. The second-order valence-electron chi connectivity index (χ2n) is 8.75. The smallest absolute Gasteiger partial charge is 0.287 e. The Hall–Kier alpha value is -3.87. The van der Waals surface area contributed by atoms with Crippen LogP contribution in [-0.4, -0.2) is 30.3 Å². The standard InChI is InChI=1S/C28H31N3O4/c1-2-20-14-16-23(17-15-20)31(25(32)19-29-27(33)24-13-8-18-35-24)26(21-9-4-3-5-10-21)28(34)30-22-11-6-7-12-22/h3-5,8-10,13-18,22,26H,2,6-7,11-12,19H2,1H3,(H,29,33)(H,30,34)/t26-/m1/s1. The van der Waals surface area contributed by atoms with Crippen molar-refractivity contribution in [1.29, 1.82) is 0 Å². The van der Waals surface area contributed by atoms with Gasteiger partial charge in [0, 0.05) is 11.7 Å². The number of aryl methyl sites for hydroxylation is 1. The second-order valence-corrected chi connectivity index (χ2v) is 8.75. The third-order valence-electron chi connectivity index (χ3n) is 6.36. The van der Waals surface area contributed by atoms with E-state index in [4.69, 9.17) is 4.42 Å². The van der Waals surface area contributed by atoms with E-state index in [9.17, 15) is 14.4 Å². The first kappa shape index (κ1) is 24.3. The molecule has 0 saturated heterocycles. The van der Waals surface area contributed by atoms with Gasteiger partial charge in [-0.3, -0.25) is 19.3 Å². The summed E-state index contributed by atoms with van der Waals surface area (Å²) in [6.45, 7) is 1.78. The SMILES string of the molecule is CCc1ccc(N(C(=O)CNC(=O)c2ccco2)[C@@H](C(=O)NC2CCCC2)c2ccccc2)cc1. The van der Waals surface area contributed by atoms with E-state index in [0.29, 0.717) is 11.3 Å². The average molecular weight is 474 g/mol. The van der Waals surface area contributed by atoms with Crippen LogP contribution in [0.3, 0.4) is 0 Å². The Morgan fingerprint density at radius 3 is 2.31 bits per heavy atom. The molecule has 1 saturated carbocycles. The van der Waals surface area contributed by atoms with Gasteiger partial charge in [0.25, 0.3) is 5.91 Å². The molecule has 2 N–H and O–H groups in total. The van der Waals surface area contributed by atoms with Gasteiger partial charge in [-0.1, -0.05) is 62.2 Å². The van der Waals surface area contributed by atoms with Crippen molar-refractivity contribution in [3.05, 3.63) is 89.9 Å². The summed E-state index contributed by atoms with van der Waals surface area (Å²) in [5, 5.41) is 5.78. The van der Waals surface area contributed by atoms with Crippen molar-refractivity contribution in [1.82, 2.24) is 10.6 Å². The van der Waals surface area contributed by atoms with Crippen LogP contribution in [0.4, 0.5) is 5.69 Å². The molecular formula is C28H31N3O4. The van der Waals surface area contributed by atoms with Crippen LogP contribution in [0, 0.1) is 0 Å². The molecule has 35 heavy (non-hydrogen) atoms. The largest absolute Gasteiger partial charge is 0.459 e. The number of nitrogens with zero attached hydrogens (tertiary/aromatic N) is 1. The van der Waals surface area contributed by atoms with E-state index in [-0.39, 0.29) is 24.3 Å². The molecule has 1 aliphatic rings. The first-order valence-corrected chi connectivity index (χ1v) is 12.1. The van der Waals surface area contributed by atoms with Crippen LogP contribution in [0.25, 0.3) is 0 Å². The van der Waals surface area contributed by atoms with E-state index in [0.717, 1.165) is 37.7 Å². The maximum absolute atomic E-state index is 13.7. The third-order valence-corrected chi connectivity index (χ3v) is 6.36. The molecule has 2 aromatic carbocycles. The highest BCUT2D eigenvalue weighted by Crippen LogP contribution is 2.29. The van der Waals surface area contributed by atoms with Crippen molar-refractivity contribution in [3.8, 4) is 0 Å². The zero-order chi connectivity index (χ0) is 24.6. The Balaban J connectivity index is 1.66. The van der Waals surface area contributed by atoms with Crippen LogP contribution < -0.4 is 15.5 Å². The highest BCUT2D eigenvalue weighted by Gasteiger charge is 2.34. The number of hydrogen-bond donors (Lipinski definition) is 2. The predicted octanol–water partition coefficient (Wildman–Crippen LogP) is 4.41. The Kier molecular flexibility index (Phi) is 7.98. The molecule has 182 valence electrons. The number of rotatable bonds is 9. The lowest BCUT2D eigenvalue weighted by atomic mass is 10.0. The number of nitrogens with one attached hydrogen (secondary N) is 2. The number of carbonyl (C=O) groups is 3. The second kappa shape index (κ2) is 11.5. The summed E-state index contributed by atoms with van der Waals surface area (Å²) >= 11 is 0. The monoisotopic (exact) mass is 473 g/mol. The quantitative estimate of drug-likeness (QED) is 0.482. The van der Waals surface area contributed by atoms with Gasteiger partial charge in [0.1, 0.15) is 6.04 Å². The first-order valence-electron chi connectivity index (χ1n) is 12.1. The molecule has 7 heteroatoms. The van der Waals surface area contributed by atoms with Crippen molar-refractivity contribution in [2.45, 2.75) is 51.1 Å². The number of furan rings is 1. The molecule has 3 amide bonds. The maximum Gasteiger partial charge on any atom is 0.287 e. The molecule has 1 aliphatic carbocycles. The molecule has 1 atom stereocenters. The van der Waals surface area contributed by atoms with Crippen LogP contribution in [0.15, 0.2) is 77.4 Å². The van der Waals surface area contributed by atoms with Crippen molar-refractivity contribution in [2.24, 2.45) is 0 Å². The summed E-state index contributed by atoms with van der Waals surface area (Å²) < 4.78 is 5.13. The minimum atomic E-state index is -0.878. The number of anilines is 1. The lowest BCUT2D eigenvalue weighted by Crippen LogP contribution is -2.49. The van der Waals surface area contributed by atoms with E-state index in [1.165, 1.54) is 17.2 Å². The topological polar surface area (TPSA) is 91.7 Å². The summed E-state index contributed by atoms with van der Waals surface area (Å²) in [4.78, 5) is 41.2. The minimum Gasteiger partial charge on any atom is -0.459 e. The average Bonchev–Trinajstić information content (AvgIpc) is 3.61. The first-order chi connectivity index (χ1) is 17.1. The van der Waals surface area contributed by atoms with Gasteiger partial charge in [0.05, 0.1) is 12.8 Å². The van der Waals surface area contributed by atoms with E-state index in [1.807, 2.05) is 54.6 Å². The Morgan fingerprint density at radius 2 is 1.69 bits per heavy atom. The van der Waals surface area contributed by atoms with Gasteiger partial charge in [-0.15, -0.1) is 0 Å². The minimum absolute atomic E-state index is 0.104. The van der Waals surface area contributed by atoms with Crippen molar-refractivity contribution in [3.63, 3.8) is 0 Å². The molecular weight excluding hydrogens is 442 g/mol. The lowest BCUT2D eigenvalue weighted by molar-refractivity contribution is -0.126. The molecule has 0 unspecified atom stereocenters. The van der Waals surface area contributed by atoms with Gasteiger partial charge in [-0.2, -0.15) is 0 Å². The Morgan fingerprint density at radius 1 is 0.971 bits per heavy atom. The fourth-order valence-corrected chi connectivity index (χ4v) is 4.47. The highest BCUT2D eigenvalue weighted by atomic mass is 16.3. The molecule has 1 fully saturated rings. The van der Waals surface area contributed by atoms with E-state index >= 15 is 0 Å². The van der Waals surface area contributed by atoms with Crippen LogP contribution in [0.2, 0.25) is 0 Å². The van der Waals surface area contributed by atoms with E-state index < -0.39 is 17.9 Å². The van der Waals surface area contributed by atoms with Gasteiger partial charge >= 0.3 is 0 Å². The van der Waals surface area contributed by atoms with Crippen molar-refractivity contribution < 1.29 is 18.8 Å². The number of amides is 3. The summed E-state index contributed by atoms with van der Waals surface area (Å²) in [7, 11) is 0. The molecule has 1 aromatic heterocycles. The maximum atomic E-state index is 13.7. The summed E-state index contributed by atoms with van der Waals surface area (Å²) in [6.07, 6.45) is 6.30. The molecule has 0 aliphatic heterocycles. The summed E-state index contributed by atoms with van der Waals surface area (Å²) in [5.74, 6) is -0.996. The number of benzene rings is 2. The van der Waals surface area contributed by atoms with Gasteiger partial charge in [0.15, 0.2) is 5.76 Å². The molecule has 1 heterocycles.